The zero-order valence-corrected chi connectivity index (χ0v) is 13.2. The molecule has 1 atom stereocenters. The summed E-state index contributed by atoms with van der Waals surface area (Å²) in [6.07, 6.45) is 6.79. The summed E-state index contributed by atoms with van der Waals surface area (Å²) >= 11 is 0. The molecule has 7 heteroatoms. The first kappa shape index (κ1) is 15.6. The molecule has 3 heterocycles. The molecule has 3 rings (SSSR count). The Morgan fingerprint density at radius 2 is 2.30 bits per heavy atom. The van der Waals surface area contributed by atoms with Crippen LogP contribution in [0.5, 0.6) is 0 Å². The van der Waals surface area contributed by atoms with Gasteiger partial charge in [0.1, 0.15) is 5.60 Å². The first-order valence-corrected chi connectivity index (χ1v) is 7.80. The van der Waals surface area contributed by atoms with Crippen LogP contribution in [0.1, 0.15) is 24.1 Å². The number of aryl methyl sites for hydroxylation is 1. The number of carbonyl (C=O) groups excluding carboxylic acids is 1. The predicted molar refractivity (Wildman–Crippen MR) is 83.5 cm³/mol. The minimum atomic E-state index is -0.951. The van der Waals surface area contributed by atoms with Gasteiger partial charge >= 0.3 is 0 Å². The van der Waals surface area contributed by atoms with Crippen molar-refractivity contribution in [1.29, 1.82) is 0 Å². The van der Waals surface area contributed by atoms with Crippen LogP contribution in [0.3, 0.4) is 0 Å². The van der Waals surface area contributed by atoms with E-state index >= 15 is 0 Å². The molecule has 2 aromatic rings. The molecular formula is C16H21N5O2. The van der Waals surface area contributed by atoms with Crippen LogP contribution in [0.15, 0.2) is 30.7 Å². The Bertz CT molecular complexity index is 656. The number of hydrogen-bond donors (Lipinski definition) is 1. The summed E-state index contributed by atoms with van der Waals surface area (Å²) in [5, 5.41) is 18.4. The predicted octanol–water partition coefficient (Wildman–Crippen LogP) is 0.578. The largest absolute Gasteiger partial charge is 0.386 e. The van der Waals surface area contributed by atoms with Crippen LogP contribution in [-0.2, 0) is 17.8 Å². The van der Waals surface area contributed by atoms with Crippen molar-refractivity contribution in [2.45, 2.75) is 38.3 Å². The van der Waals surface area contributed by atoms with Gasteiger partial charge in [-0.3, -0.25) is 9.78 Å². The van der Waals surface area contributed by atoms with Gasteiger partial charge in [-0.1, -0.05) is 11.3 Å². The molecule has 1 aliphatic heterocycles. The number of rotatable bonds is 4. The number of hydrogen-bond acceptors (Lipinski definition) is 5. The van der Waals surface area contributed by atoms with E-state index in [1.165, 1.54) is 0 Å². The molecule has 0 radical (unpaired) electrons. The molecule has 0 aromatic carbocycles. The van der Waals surface area contributed by atoms with Gasteiger partial charge in [0.05, 0.1) is 25.7 Å². The van der Waals surface area contributed by atoms with Crippen molar-refractivity contribution in [2.24, 2.45) is 0 Å². The SMILES string of the molecule is Cc1ccc(CC(=O)N2CCCC(O)(Cn3ccnn3)C2)cn1. The number of carbonyl (C=O) groups is 1. The minimum Gasteiger partial charge on any atom is -0.386 e. The van der Waals surface area contributed by atoms with Gasteiger partial charge in [-0.05, 0) is 31.4 Å². The second-order valence-corrected chi connectivity index (χ2v) is 6.23. The van der Waals surface area contributed by atoms with Crippen molar-refractivity contribution in [3.8, 4) is 0 Å². The van der Waals surface area contributed by atoms with Gasteiger partial charge in [0.15, 0.2) is 0 Å². The maximum atomic E-state index is 12.5. The van der Waals surface area contributed by atoms with Crippen LogP contribution in [-0.4, -0.2) is 54.6 Å². The Kier molecular flexibility index (Phi) is 4.38. The van der Waals surface area contributed by atoms with Crippen LogP contribution >= 0.6 is 0 Å². The normalized spacial score (nSPS) is 21.4. The fraction of sp³-hybridized carbons (Fsp3) is 0.500. The Hall–Kier alpha value is -2.28. The number of aliphatic hydroxyl groups is 1. The van der Waals surface area contributed by atoms with Gasteiger partial charge in [0.25, 0.3) is 0 Å². The van der Waals surface area contributed by atoms with Crippen molar-refractivity contribution in [3.63, 3.8) is 0 Å². The second-order valence-electron chi connectivity index (χ2n) is 6.23. The second kappa shape index (κ2) is 6.45. The first-order chi connectivity index (χ1) is 11.0. The molecule has 2 aromatic heterocycles. The lowest BCUT2D eigenvalue weighted by atomic mass is 9.92. The molecular weight excluding hydrogens is 294 g/mol. The zero-order valence-electron chi connectivity index (χ0n) is 13.2. The highest BCUT2D eigenvalue weighted by atomic mass is 16.3. The van der Waals surface area contributed by atoms with E-state index in [0.717, 1.165) is 17.7 Å². The number of piperidine rings is 1. The number of nitrogens with zero attached hydrogens (tertiary/aromatic N) is 5. The van der Waals surface area contributed by atoms with Gasteiger partial charge < -0.3 is 10.0 Å². The van der Waals surface area contributed by atoms with Crippen LogP contribution < -0.4 is 0 Å². The fourth-order valence-corrected chi connectivity index (χ4v) is 2.96. The third-order valence-corrected chi connectivity index (χ3v) is 4.16. The fourth-order valence-electron chi connectivity index (χ4n) is 2.96. The third-order valence-electron chi connectivity index (χ3n) is 4.16. The Morgan fingerprint density at radius 3 is 3.00 bits per heavy atom. The van der Waals surface area contributed by atoms with Gasteiger partial charge in [0.2, 0.25) is 5.91 Å². The summed E-state index contributed by atoms with van der Waals surface area (Å²) in [5.41, 5.74) is 0.875. The smallest absolute Gasteiger partial charge is 0.227 e. The summed E-state index contributed by atoms with van der Waals surface area (Å²) in [6, 6.07) is 3.83. The lowest BCUT2D eigenvalue weighted by Crippen LogP contribution is -2.52. The molecule has 1 amide bonds. The summed E-state index contributed by atoms with van der Waals surface area (Å²) in [6.45, 7) is 3.27. The highest BCUT2D eigenvalue weighted by Crippen LogP contribution is 2.23. The van der Waals surface area contributed by atoms with Crippen LogP contribution in [0.2, 0.25) is 0 Å². The lowest BCUT2D eigenvalue weighted by molar-refractivity contribution is -0.138. The van der Waals surface area contributed by atoms with Gasteiger partial charge in [0, 0.05) is 24.6 Å². The van der Waals surface area contributed by atoms with Gasteiger partial charge in [-0.2, -0.15) is 0 Å². The summed E-state index contributed by atoms with van der Waals surface area (Å²) in [4.78, 5) is 18.4. The standard InChI is InChI=1S/C16H21N5O2/c1-13-3-4-14(10-17-13)9-15(22)20-7-2-5-16(23,11-20)12-21-8-6-18-19-21/h3-4,6,8,10,23H,2,5,7,9,11-12H2,1H3. The van der Waals surface area contributed by atoms with Crippen molar-refractivity contribution in [2.75, 3.05) is 13.1 Å². The van der Waals surface area contributed by atoms with E-state index in [2.05, 4.69) is 15.3 Å². The van der Waals surface area contributed by atoms with E-state index in [1.54, 1.807) is 28.2 Å². The average molecular weight is 315 g/mol. The van der Waals surface area contributed by atoms with Gasteiger partial charge in [-0.15, -0.1) is 5.10 Å². The average Bonchev–Trinajstić information content (AvgIpc) is 3.02. The molecule has 23 heavy (non-hydrogen) atoms. The third kappa shape index (κ3) is 3.92. The van der Waals surface area contributed by atoms with E-state index in [1.807, 2.05) is 19.1 Å². The Morgan fingerprint density at radius 1 is 1.43 bits per heavy atom. The minimum absolute atomic E-state index is 0.0207. The Labute approximate surface area is 134 Å². The number of β-amino-alcohol motifs (C(OH)–C–C–N with tert-alkyl or cyclic N) is 1. The molecule has 7 nitrogen and oxygen atoms in total. The van der Waals surface area contributed by atoms with E-state index in [9.17, 15) is 9.90 Å². The maximum absolute atomic E-state index is 12.5. The van der Waals surface area contributed by atoms with E-state index in [0.29, 0.717) is 32.5 Å². The zero-order chi connectivity index (χ0) is 16.3. The molecule has 0 bridgehead atoms. The highest BCUT2D eigenvalue weighted by molar-refractivity contribution is 5.78. The molecule has 1 fully saturated rings. The molecule has 122 valence electrons. The monoisotopic (exact) mass is 315 g/mol. The molecule has 1 aliphatic rings. The summed E-state index contributed by atoms with van der Waals surface area (Å²) in [5.74, 6) is 0.0207. The lowest BCUT2D eigenvalue weighted by Gasteiger charge is -2.39. The summed E-state index contributed by atoms with van der Waals surface area (Å²) < 4.78 is 1.61. The number of aromatic nitrogens is 4. The van der Waals surface area contributed by atoms with Crippen molar-refractivity contribution < 1.29 is 9.90 Å². The van der Waals surface area contributed by atoms with Gasteiger partial charge in [-0.25, -0.2) is 4.68 Å². The first-order valence-electron chi connectivity index (χ1n) is 7.80. The number of pyridine rings is 1. The van der Waals surface area contributed by atoms with Crippen LogP contribution in [0.4, 0.5) is 0 Å². The number of likely N-dealkylation sites (tertiary alicyclic amines) is 1. The molecule has 1 unspecified atom stereocenters. The van der Waals surface area contributed by atoms with E-state index < -0.39 is 5.60 Å². The molecule has 1 saturated heterocycles. The number of amides is 1. The topological polar surface area (TPSA) is 84.1 Å². The molecule has 1 N–H and O–H groups in total. The summed E-state index contributed by atoms with van der Waals surface area (Å²) in [7, 11) is 0. The van der Waals surface area contributed by atoms with Crippen LogP contribution in [0.25, 0.3) is 0 Å². The van der Waals surface area contributed by atoms with Crippen molar-refractivity contribution >= 4 is 5.91 Å². The van der Waals surface area contributed by atoms with E-state index in [-0.39, 0.29) is 5.91 Å². The maximum Gasteiger partial charge on any atom is 0.227 e. The quantitative estimate of drug-likeness (QED) is 0.892. The molecule has 0 spiro atoms. The molecule has 0 saturated carbocycles. The van der Waals surface area contributed by atoms with Crippen LogP contribution in [0, 0.1) is 6.92 Å². The molecule has 0 aliphatic carbocycles. The van der Waals surface area contributed by atoms with E-state index in [4.69, 9.17) is 0 Å². The van der Waals surface area contributed by atoms with Crippen molar-refractivity contribution in [3.05, 3.63) is 42.0 Å². The van der Waals surface area contributed by atoms with Crippen molar-refractivity contribution in [1.82, 2.24) is 24.9 Å². The Balaban J connectivity index is 1.63. The highest BCUT2D eigenvalue weighted by Gasteiger charge is 2.35.